The summed E-state index contributed by atoms with van der Waals surface area (Å²) in [6, 6.07) is 19.6. The Kier molecular flexibility index (Phi) is 5.11. The Balaban J connectivity index is 1.41. The van der Waals surface area contributed by atoms with Gasteiger partial charge in [-0.25, -0.2) is 4.68 Å². The number of hydrogen-bond acceptors (Lipinski definition) is 5. The van der Waals surface area contributed by atoms with Crippen molar-refractivity contribution >= 4 is 27.5 Å². The Morgan fingerprint density at radius 1 is 0.964 bits per heavy atom. The van der Waals surface area contributed by atoms with Gasteiger partial charge >= 0.3 is 0 Å². The first-order valence-electron chi connectivity index (χ1n) is 8.36. The van der Waals surface area contributed by atoms with Crippen molar-refractivity contribution in [3.05, 3.63) is 89.2 Å². The van der Waals surface area contributed by atoms with Gasteiger partial charge in [0.25, 0.3) is 5.91 Å². The van der Waals surface area contributed by atoms with Gasteiger partial charge in [0.05, 0.1) is 5.56 Å². The first-order chi connectivity index (χ1) is 13.7. The molecular formula is C20H14BrN5O2. The SMILES string of the molecule is O=C(Nc1ccc(Oc2ccc(-n3cccn3)nn2)cc1)c1ccccc1Br. The molecule has 0 bridgehead atoms. The predicted molar refractivity (Wildman–Crippen MR) is 108 cm³/mol. The Morgan fingerprint density at radius 3 is 2.46 bits per heavy atom. The van der Waals surface area contributed by atoms with Crippen molar-refractivity contribution in [2.24, 2.45) is 0 Å². The van der Waals surface area contributed by atoms with Crippen molar-refractivity contribution < 1.29 is 9.53 Å². The topological polar surface area (TPSA) is 81.9 Å². The summed E-state index contributed by atoms with van der Waals surface area (Å²) in [5.74, 6) is 1.35. The Hall–Kier alpha value is -3.52. The molecule has 138 valence electrons. The quantitative estimate of drug-likeness (QED) is 0.499. The van der Waals surface area contributed by atoms with Gasteiger partial charge in [0.15, 0.2) is 5.82 Å². The van der Waals surface area contributed by atoms with Crippen molar-refractivity contribution in [1.29, 1.82) is 0 Å². The second-order valence-electron chi connectivity index (χ2n) is 5.74. The zero-order valence-electron chi connectivity index (χ0n) is 14.5. The summed E-state index contributed by atoms with van der Waals surface area (Å²) in [7, 11) is 0. The van der Waals surface area contributed by atoms with Crippen LogP contribution in [0.4, 0.5) is 5.69 Å². The average molecular weight is 436 g/mol. The molecule has 2 aromatic heterocycles. The minimum Gasteiger partial charge on any atom is -0.438 e. The van der Waals surface area contributed by atoms with Gasteiger partial charge in [-0.15, -0.1) is 10.2 Å². The zero-order valence-corrected chi connectivity index (χ0v) is 16.1. The second kappa shape index (κ2) is 8.01. The summed E-state index contributed by atoms with van der Waals surface area (Å²) < 4.78 is 8.04. The molecule has 2 aromatic carbocycles. The van der Waals surface area contributed by atoms with Crippen molar-refractivity contribution in [1.82, 2.24) is 20.0 Å². The number of nitrogens with one attached hydrogen (secondary N) is 1. The summed E-state index contributed by atoms with van der Waals surface area (Å²) in [5, 5.41) is 15.1. The molecule has 0 spiro atoms. The van der Waals surface area contributed by atoms with Crippen molar-refractivity contribution in [3.8, 4) is 17.4 Å². The van der Waals surface area contributed by atoms with Gasteiger partial charge in [-0.2, -0.15) is 5.10 Å². The number of nitrogens with zero attached hydrogens (tertiary/aromatic N) is 4. The third-order valence-corrected chi connectivity index (χ3v) is 4.51. The molecule has 28 heavy (non-hydrogen) atoms. The number of anilines is 1. The van der Waals surface area contributed by atoms with E-state index in [1.165, 1.54) is 0 Å². The summed E-state index contributed by atoms with van der Waals surface area (Å²) in [6.45, 7) is 0. The first-order valence-corrected chi connectivity index (χ1v) is 9.16. The van der Waals surface area contributed by atoms with E-state index >= 15 is 0 Å². The van der Waals surface area contributed by atoms with Crippen LogP contribution in [0.5, 0.6) is 11.6 Å². The summed E-state index contributed by atoms with van der Waals surface area (Å²) in [6.07, 6.45) is 3.45. The molecule has 7 nitrogen and oxygen atoms in total. The summed E-state index contributed by atoms with van der Waals surface area (Å²) in [4.78, 5) is 12.3. The third-order valence-electron chi connectivity index (χ3n) is 3.82. The Labute approximate surface area is 169 Å². The maximum absolute atomic E-state index is 12.3. The molecule has 2 heterocycles. The van der Waals surface area contributed by atoms with E-state index in [2.05, 4.69) is 36.5 Å². The molecule has 1 amide bonds. The molecule has 0 saturated heterocycles. The largest absolute Gasteiger partial charge is 0.438 e. The highest BCUT2D eigenvalue weighted by molar-refractivity contribution is 9.10. The van der Waals surface area contributed by atoms with Crippen LogP contribution < -0.4 is 10.1 Å². The lowest BCUT2D eigenvalue weighted by Gasteiger charge is -2.08. The van der Waals surface area contributed by atoms with Crippen LogP contribution in [-0.4, -0.2) is 25.9 Å². The molecule has 0 unspecified atom stereocenters. The smallest absolute Gasteiger partial charge is 0.256 e. The Bertz CT molecular complexity index is 1080. The maximum Gasteiger partial charge on any atom is 0.256 e. The van der Waals surface area contributed by atoms with Crippen LogP contribution in [0.2, 0.25) is 0 Å². The fraction of sp³-hybridized carbons (Fsp3) is 0. The van der Waals surface area contributed by atoms with E-state index in [1.807, 2.05) is 24.3 Å². The van der Waals surface area contributed by atoms with Crippen LogP contribution in [0.1, 0.15) is 10.4 Å². The molecule has 0 fully saturated rings. The normalized spacial score (nSPS) is 10.5. The number of aromatic nitrogens is 4. The molecule has 4 aromatic rings. The molecule has 0 aliphatic carbocycles. The maximum atomic E-state index is 12.3. The number of amides is 1. The van der Waals surface area contributed by atoms with Gasteiger partial charge in [0, 0.05) is 28.6 Å². The monoisotopic (exact) mass is 435 g/mol. The standard InChI is InChI=1S/C20H14BrN5O2/c21-17-5-2-1-4-16(17)20(27)23-14-6-8-15(9-7-14)28-19-11-10-18(24-25-19)26-13-3-12-22-26/h1-13H,(H,23,27). The second-order valence-corrected chi connectivity index (χ2v) is 6.60. The van der Waals surface area contributed by atoms with Gasteiger partial charge in [-0.3, -0.25) is 4.79 Å². The minimum atomic E-state index is -0.193. The van der Waals surface area contributed by atoms with E-state index in [4.69, 9.17) is 4.74 Å². The van der Waals surface area contributed by atoms with E-state index in [0.29, 0.717) is 28.7 Å². The highest BCUT2D eigenvalue weighted by Crippen LogP contribution is 2.23. The van der Waals surface area contributed by atoms with Gasteiger partial charge < -0.3 is 10.1 Å². The van der Waals surface area contributed by atoms with Gasteiger partial charge in [0.1, 0.15) is 5.75 Å². The number of carbonyl (C=O) groups is 1. The number of ether oxygens (including phenoxy) is 1. The Morgan fingerprint density at radius 2 is 1.79 bits per heavy atom. The number of hydrogen-bond donors (Lipinski definition) is 1. The molecule has 0 aliphatic heterocycles. The van der Waals surface area contributed by atoms with Crippen molar-refractivity contribution in [2.75, 3.05) is 5.32 Å². The number of carbonyl (C=O) groups excluding carboxylic acids is 1. The van der Waals surface area contributed by atoms with E-state index in [1.54, 1.807) is 59.5 Å². The fourth-order valence-corrected chi connectivity index (χ4v) is 2.93. The molecule has 8 heteroatoms. The van der Waals surface area contributed by atoms with Crippen LogP contribution in [0.15, 0.2) is 83.6 Å². The molecule has 0 saturated carbocycles. The van der Waals surface area contributed by atoms with Crippen LogP contribution in [0.3, 0.4) is 0 Å². The van der Waals surface area contributed by atoms with Crippen molar-refractivity contribution in [3.63, 3.8) is 0 Å². The molecule has 0 atom stereocenters. The van der Waals surface area contributed by atoms with Gasteiger partial charge in [-0.1, -0.05) is 12.1 Å². The first kappa shape index (κ1) is 17.9. The van der Waals surface area contributed by atoms with Crippen molar-refractivity contribution in [2.45, 2.75) is 0 Å². The molecule has 1 N–H and O–H groups in total. The minimum absolute atomic E-state index is 0.193. The number of rotatable bonds is 5. The summed E-state index contributed by atoms with van der Waals surface area (Å²) >= 11 is 3.38. The molecule has 0 aliphatic rings. The summed E-state index contributed by atoms with van der Waals surface area (Å²) in [5.41, 5.74) is 1.23. The van der Waals surface area contributed by atoms with Crippen LogP contribution in [0, 0.1) is 0 Å². The van der Waals surface area contributed by atoms with Gasteiger partial charge in [-0.05, 0) is 64.5 Å². The average Bonchev–Trinajstić information content (AvgIpc) is 3.25. The lowest BCUT2D eigenvalue weighted by molar-refractivity contribution is 0.102. The third kappa shape index (κ3) is 4.07. The van der Waals surface area contributed by atoms with Crippen LogP contribution in [-0.2, 0) is 0 Å². The molecule has 0 radical (unpaired) electrons. The van der Waals surface area contributed by atoms with Crippen LogP contribution >= 0.6 is 15.9 Å². The lowest BCUT2D eigenvalue weighted by atomic mass is 10.2. The van der Waals surface area contributed by atoms with E-state index in [-0.39, 0.29) is 5.91 Å². The highest BCUT2D eigenvalue weighted by Gasteiger charge is 2.09. The van der Waals surface area contributed by atoms with E-state index in [9.17, 15) is 4.79 Å². The molecular weight excluding hydrogens is 422 g/mol. The van der Waals surface area contributed by atoms with E-state index < -0.39 is 0 Å². The number of benzene rings is 2. The lowest BCUT2D eigenvalue weighted by Crippen LogP contribution is -2.12. The molecule has 4 rings (SSSR count). The van der Waals surface area contributed by atoms with Gasteiger partial charge in [0.2, 0.25) is 5.88 Å². The van der Waals surface area contributed by atoms with Crippen LogP contribution in [0.25, 0.3) is 5.82 Å². The predicted octanol–water partition coefficient (Wildman–Crippen LogP) is 4.47. The number of halogens is 1. The zero-order chi connectivity index (χ0) is 19.3. The van der Waals surface area contributed by atoms with E-state index in [0.717, 1.165) is 4.47 Å². The highest BCUT2D eigenvalue weighted by atomic mass is 79.9. The fourth-order valence-electron chi connectivity index (χ4n) is 2.46.